The maximum atomic E-state index is 13.1. The summed E-state index contributed by atoms with van der Waals surface area (Å²) in [5, 5.41) is 0. The van der Waals surface area contributed by atoms with Crippen molar-refractivity contribution in [2.45, 2.75) is 44.6 Å². The Morgan fingerprint density at radius 2 is 1.86 bits per heavy atom. The van der Waals surface area contributed by atoms with Crippen LogP contribution in [-0.4, -0.2) is 51.2 Å². The summed E-state index contributed by atoms with van der Waals surface area (Å²) in [4.78, 5) is 37.0. The van der Waals surface area contributed by atoms with E-state index in [0.29, 0.717) is 38.9 Å². The number of hydrogen-bond acceptors (Lipinski definition) is 3. The summed E-state index contributed by atoms with van der Waals surface area (Å²) in [5.74, 6) is -0.128. The number of likely N-dealkylation sites (tertiary alicyclic amines) is 1. The molecule has 0 bridgehead atoms. The Kier molecular flexibility index (Phi) is 4.91. The van der Waals surface area contributed by atoms with Gasteiger partial charge in [0.15, 0.2) is 0 Å². The monoisotopic (exact) mass is 384 g/mol. The van der Waals surface area contributed by atoms with Gasteiger partial charge in [-0.1, -0.05) is 19.1 Å². The number of halogens is 1. The quantitative estimate of drug-likeness (QED) is 0.884. The highest BCUT2D eigenvalue weighted by Crippen LogP contribution is 2.42. The molecule has 7 heteroatoms. The molecule has 2 aliphatic heterocycles. The number of nitrogens with one attached hydrogen (secondary N) is 1. The fourth-order valence-electron chi connectivity index (χ4n) is 4.55. The summed E-state index contributed by atoms with van der Waals surface area (Å²) in [6.07, 6.45) is 4.60. The first kappa shape index (κ1) is 18.7. The van der Waals surface area contributed by atoms with Gasteiger partial charge in [-0.3, -0.25) is 9.59 Å². The molecule has 2 amide bonds. The number of rotatable bonds is 3. The topological polar surface area (TPSA) is 69.3 Å². The lowest BCUT2D eigenvalue weighted by Crippen LogP contribution is -2.58. The molecule has 1 fully saturated rings. The van der Waals surface area contributed by atoms with E-state index in [9.17, 15) is 14.0 Å². The van der Waals surface area contributed by atoms with Crippen molar-refractivity contribution >= 4 is 11.8 Å². The Balaban J connectivity index is 1.50. The Hall–Kier alpha value is -2.70. The molecule has 1 spiro atoms. The molecular weight excluding hydrogens is 359 g/mol. The van der Waals surface area contributed by atoms with Crippen LogP contribution in [0.5, 0.6) is 0 Å². The minimum Gasteiger partial charge on any atom is -0.348 e. The number of amides is 2. The van der Waals surface area contributed by atoms with Gasteiger partial charge in [0.1, 0.15) is 5.82 Å². The average molecular weight is 384 g/mol. The number of benzene rings is 1. The third-order valence-corrected chi connectivity index (χ3v) is 6.08. The molecule has 1 saturated heterocycles. The number of aromatic amines is 1. The summed E-state index contributed by atoms with van der Waals surface area (Å²) in [6, 6.07) is 6.06. The van der Waals surface area contributed by atoms with Crippen molar-refractivity contribution in [2.24, 2.45) is 0 Å². The van der Waals surface area contributed by atoms with Gasteiger partial charge in [-0.25, -0.2) is 9.37 Å². The molecule has 2 aromatic rings. The molecule has 0 radical (unpaired) electrons. The number of carbonyl (C=O) groups excluding carboxylic acids is 2. The number of carbonyl (C=O) groups is 2. The summed E-state index contributed by atoms with van der Waals surface area (Å²) in [7, 11) is 0. The van der Waals surface area contributed by atoms with Gasteiger partial charge >= 0.3 is 0 Å². The molecular formula is C21H25FN4O2. The lowest BCUT2D eigenvalue weighted by Gasteiger charge is -2.50. The molecule has 3 heterocycles. The molecule has 0 atom stereocenters. The van der Waals surface area contributed by atoms with E-state index in [4.69, 9.17) is 0 Å². The summed E-state index contributed by atoms with van der Waals surface area (Å²) < 4.78 is 13.1. The zero-order valence-electron chi connectivity index (χ0n) is 16.1. The molecule has 148 valence electrons. The molecule has 0 unspecified atom stereocenters. The van der Waals surface area contributed by atoms with E-state index in [0.717, 1.165) is 23.4 Å². The highest BCUT2D eigenvalue weighted by molar-refractivity contribution is 5.79. The van der Waals surface area contributed by atoms with Gasteiger partial charge in [0.05, 0.1) is 24.0 Å². The number of aromatic nitrogens is 2. The molecule has 1 N–H and O–H groups in total. The standard InChI is InChI=1S/C21H25FN4O2/c1-2-18(27)26-10-7-17-20(24-14-23-17)21(26)8-11-25(12-9-21)19(28)13-15-3-5-16(22)6-4-15/h3-6,14H,2,7-13H2,1H3,(H,23,24). The van der Waals surface area contributed by atoms with Crippen LogP contribution in [0.15, 0.2) is 30.6 Å². The highest BCUT2D eigenvalue weighted by atomic mass is 19.1. The number of H-pyrrole nitrogens is 1. The third-order valence-electron chi connectivity index (χ3n) is 6.08. The van der Waals surface area contributed by atoms with Crippen molar-refractivity contribution < 1.29 is 14.0 Å². The van der Waals surface area contributed by atoms with Gasteiger partial charge in [-0.15, -0.1) is 0 Å². The van der Waals surface area contributed by atoms with E-state index in [1.807, 2.05) is 16.7 Å². The second-order valence-corrected chi connectivity index (χ2v) is 7.59. The minimum atomic E-state index is -0.423. The lowest BCUT2D eigenvalue weighted by atomic mass is 9.78. The second kappa shape index (κ2) is 7.37. The van der Waals surface area contributed by atoms with Crippen LogP contribution in [0.2, 0.25) is 0 Å². The zero-order chi connectivity index (χ0) is 19.7. The number of fused-ring (bicyclic) bond motifs is 2. The Bertz CT molecular complexity index is 869. The zero-order valence-corrected chi connectivity index (χ0v) is 16.1. The van der Waals surface area contributed by atoms with Crippen molar-refractivity contribution in [1.29, 1.82) is 0 Å². The van der Waals surface area contributed by atoms with Gasteiger partial charge in [0, 0.05) is 38.2 Å². The third kappa shape index (κ3) is 3.19. The predicted octanol–water partition coefficient (Wildman–Crippen LogP) is 2.40. The fourth-order valence-corrected chi connectivity index (χ4v) is 4.55. The van der Waals surface area contributed by atoms with Crippen molar-refractivity contribution in [3.05, 3.63) is 53.4 Å². The molecule has 1 aromatic heterocycles. The van der Waals surface area contributed by atoms with E-state index in [1.165, 1.54) is 12.1 Å². The van der Waals surface area contributed by atoms with Crippen LogP contribution >= 0.6 is 0 Å². The van der Waals surface area contributed by atoms with Gasteiger partial charge in [0.25, 0.3) is 0 Å². The number of nitrogens with zero attached hydrogens (tertiary/aromatic N) is 3. The van der Waals surface area contributed by atoms with Crippen molar-refractivity contribution in [2.75, 3.05) is 19.6 Å². The van der Waals surface area contributed by atoms with Crippen molar-refractivity contribution in [3.8, 4) is 0 Å². The SMILES string of the molecule is CCC(=O)N1CCc2[nH]cnc2C12CCN(C(=O)Cc1ccc(F)cc1)CC2. The smallest absolute Gasteiger partial charge is 0.226 e. The first-order chi connectivity index (χ1) is 13.5. The molecule has 0 aliphatic carbocycles. The first-order valence-corrected chi connectivity index (χ1v) is 9.89. The maximum Gasteiger partial charge on any atom is 0.226 e. The van der Waals surface area contributed by atoms with Crippen LogP contribution in [0.25, 0.3) is 0 Å². The normalized spacial score (nSPS) is 18.2. The van der Waals surface area contributed by atoms with Crippen molar-refractivity contribution in [1.82, 2.24) is 19.8 Å². The Morgan fingerprint density at radius 1 is 1.14 bits per heavy atom. The number of hydrogen-bond donors (Lipinski definition) is 1. The number of piperidine rings is 1. The maximum absolute atomic E-state index is 13.1. The van der Waals surface area contributed by atoms with Gasteiger partial charge < -0.3 is 14.8 Å². The fraction of sp³-hybridized carbons (Fsp3) is 0.476. The summed E-state index contributed by atoms with van der Waals surface area (Å²) >= 11 is 0. The van der Waals surface area contributed by atoms with E-state index < -0.39 is 5.54 Å². The first-order valence-electron chi connectivity index (χ1n) is 9.89. The molecule has 6 nitrogen and oxygen atoms in total. The average Bonchev–Trinajstić information content (AvgIpc) is 3.20. The summed E-state index contributed by atoms with van der Waals surface area (Å²) in [6.45, 7) is 3.74. The Labute approximate surface area is 163 Å². The number of imidazole rings is 1. The highest BCUT2D eigenvalue weighted by Gasteiger charge is 2.48. The van der Waals surface area contributed by atoms with Crippen LogP contribution in [0.1, 0.15) is 43.1 Å². The molecule has 28 heavy (non-hydrogen) atoms. The molecule has 4 rings (SSSR count). The van der Waals surface area contributed by atoms with E-state index in [1.54, 1.807) is 18.5 Å². The van der Waals surface area contributed by atoms with Gasteiger partial charge in [-0.2, -0.15) is 0 Å². The van der Waals surface area contributed by atoms with Gasteiger partial charge in [0.2, 0.25) is 11.8 Å². The van der Waals surface area contributed by atoms with E-state index in [2.05, 4.69) is 9.97 Å². The van der Waals surface area contributed by atoms with Crippen LogP contribution in [0.4, 0.5) is 4.39 Å². The van der Waals surface area contributed by atoms with Crippen molar-refractivity contribution in [3.63, 3.8) is 0 Å². The van der Waals surface area contributed by atoms with Crippen LogP contribution < -0.4 is 0 Å². The molecule has 2 aliphatic rings. The Morgan fingerprint density at radius 3 is 2.54 bits per heavy atom. The molecule has 0 saturated carbocycles. The van der Waals surface area contributed by atoms with E-state index in [-0.39, 0.29) is 24.1 Å². The minimum absolute atomic E-state index is 0.0351. The predicted molar refractivity (Wildman–Crippen MR) is 102 cm³/mol. The van der Waals surface area contributed by atoms with E-state index >= 15 is 0 Å². The molecule has 1 aromatic carbocycles. The second-order valence-electron chi connectivity index (χ2n) is 7.59. The van der Waals surface area contributed by atoms with Crippen LogP contribution in [0.3, 0.4) is 0 Å². The van der Waals surface area contributed by atoms with Crippen LogP contribution in [-0.2, 0) is 28.0 Å². The van der Waals surface area contributed by atoms with Crippen LogP contribution in [0, 0.1) is 5.82 Å². The lowest BCUT2D eigenvalue weighted by molar-refractivity contribution is -0.144. The largest absolute Gasteiger partial charge is 0.348 e. The van der Waals surface area contributed by atoms with Gasteiger partial charge in [-0.05, 0) is 30.5 Å². The summed E-state index contributed by atoms with van der Waals surface area (Å²) in [5.41, 5.74) is 2.45.